The van der Waals surface area contributed by atoms with Crippen LogP contribution in [0.15, 0.2) is 60.5 Å². The first-order valence-electron chi connectivity index (χ1n) is 9.26. The van der Waals surface area contributed by atoms with Crippen molar-refractivity contribution in [3.05, 3.63) is 42.5 Å². The van der Waals surface area contributed by atoms with E-state index in [1.807, 2.05) is 0 Å². The molecule has 2 aliphatic rings. The number of rotatable bonds is 4. The van der Waals surface area contributed by atoms with Gasteiger partial charge in [-0.15, -0.1) is 9.03 Å². The minimum atomic E-state index is -4.00. The van der Waals surface area contributed by atoms with E-state index in [-0.39, 0.29) is 22.8 Å². The third-order valence-electron chi connectivity index (χ3n) is 5.17. The maximum absolute atomic E-state index is 10.3. The second kappa shape index (κ2) is 10.1. The van der Waals surface area contributed by atoms with E-state index in [9.17, 15) is 36.8 Å². The summed E-state index contributed by atoms with van der Waals surface area (Å²) in [6.45, 7) is 0. The number of hydrogen-bond donors (Lipinski definition) is 0. The highest BCUT2D eigenvalue weighted by molar-refractivity contribution is 7.64. The van der Waals surface area contributed by atoms with Crippen LogP contribution in [0, 0.1) is 95.6 Å². The van der Waals surface area contributed by atoms with Crippen molar-refractivity contribution in [2.24, 2.45) is 34.3 Å². The summed E-state index contributed by atoms with van der Waals surface area (Å²) in [5.74, 6) is 0.199. The molecule has 1 aromatic rings. The van der Waals surface area contributed by atoms with Crippen molar-refractivity contribution in [1.82, 2.24) is 0 Å². The molecule has 1 aromatic carbocycles. The molecule has 13 nitrogen and oxygen atoms in total. The van der Waals surface area contributed by atoms with Gasteiger partial charge in [0.15, 0.2) is 31.0 Å². The lowest BCUT2D eigenvalue weighted by Gasteiger charge is -2.47. The third-order valence-corrected chi connectivity index (χ3v) is 9.87. The Balaban J connectivity index is 2.42. The maximum atomic E-state index is 10.3. The lowest BCUT2D eigenvalue weighted by Crippen LogP contribution is -2.63. The zero-order valence-electron chi connectivity index (χ0n) is 17.6. The van der Waals surface area contributed by atoms with Gasteiger partial charge < -0.3 is 4.52 Å². The summed E-state index contributed by atoms with van der Waals surface area (Å²) in [6.07, 6.45) is 1.64. The van der Waals surface area contributed by atoms with Gasteiger partial charge in [0.2, 0.25) is 16.4 Å². The average molecular weight is 545 g/mol. The number of benzene rings is 1. The molecule has 0 aromatic heterocycles. The molecule has 0 bridgehead atoms. The Hall–Kier alpha value is -4.32. The molecule has 3 rings (SSSR count). The van der Waals surface area contributed by atoms with E-state index in [0.29, 0.717) is 8.52 Å². The fraction of sp³-hybridized carbons (Fsp3) is 0.211. The molecule has 1 heterocycles. The summed E-state index contributed by atoms with van der Waals surface area (Å²) in [4.78, 5) is 0. The molecule has 36 heavy (non-hydrogen) atoms. The van der Waals surface area contributed by atoms with Crippen LogP contribution < -0.4 is 4.52 Å². The molecule has 0 fully saturated rings. The standard InChI is InChI=1S/C19H7N11O2P4/c20-8-16(9-21)6-7-19(14-26,18(12-24,13-25)17(16,10-22)11-23)32-36(29-34-27-33-28-35-30-36)31-15-4-2-1-3-5-15/h1-7H. The van der Waals surface area contributed by atoms with Gasteiger partial charge in [0.25, 0.3) is 0 Å². The zero-order chi connectivity index (χ0) is 26.3. The average Bonchev–Trinajstić information content (AvgIpc) is 2.91. The Kier molecular flexibility index (Phi) is 7.39. The Bertz CT molecular complexity index is 1530. The van der Waals surface area contributed by atoms with Crippen LogP contribution in [0.3, 0.4) is 0 Å². The summed E-state index contributed by atoms with van der Waals surface area (Å²) < 4.78 is 28.4. The van der Waals surface area contributed by atoms with Gasteiger partial charge in [0.1, 0.15) is 11.8 Å². The van der Waals surface area contributed by atoms with Crippen molar-refractivity contribution < 1.29 is 9.05 Å². The molecule has 2 unspecified atom stereocenters. The molecule has 0 saturated heterocycles. The lowest BCUT2D eigenvalue weighted by molar-refractivity contribution is 0.0173. The number of nitriles is 7. The van der Waals surface area contributed by atoms with Gasteiger partial charge in [-0.1, -0.05) is 18.2 Å². The number of hydrogen-bond acceptors (Lipinski definition) is 13. The van der Waals surface area contributed by atoms with Crippen LogP contribution in [-0.2, 0) is 4.52 Å². The fourth-order valence-corrected chi connectivity index (χ4v) is 8.00. The van der Waals surface area contributed by atoms with Gasteiger partial charge in [-0.25, -0.2) is 0 Å². The Morgan fingerprint density at radius 1 is 0.694 bits per heavy atom. The highest BCUT2D eigenvalue weighted by Gasteiger charge is 2.78. The van der Waals surface area contributed by atoms with E-state index in [4.69, 9.17) is 9.05 Å². The predicted molar refractivity (Wildman–Crippen MR) is 124 cm³/mol. The van der Waals surface area contributed by atoms with Crippen molar-refractivity contribution in [2.75, 3.05) is 0 Å². The molecule has 17 heteroatoms. The first-order valence-corrected chi connectivity index (χ1v) is 13.2. The van der Waals surface area contributed by atoms with Crippen LogP contribution in [0.1, 0.15) is 0 Å². The van der Waals surface area contributed by atoms with E-state index >= 15 is 0 Å². The van der Waals surface area contributed by atoms with E-state index in [2.05, 4.69) is 18.1 Å². The first-order chi connectivity index (χ1) is 17.4. The maximum Gasteiger partial charge on any atom is 0.407 e. The highest BCUT2D eigenvalue weighted by Crippen LogP contribution is 2.68. The Morgan fingerprint density at radius 3 is 1.86 bits per heavy atom. The largest absolute Gasteiger partial charge is 0.422 e. The summed E-state index contributed by atoms with van der Waals surface area (Å²) in [6, 6.07) is 19.0. The van der Waals surface area contributed by atoms with E-state index in [1.165, 1.54) is 24.3 Å². The second-order valence-corrected chi connectivity index (χ2v) is 11.5. The monoisotopic (exact) mass is 545 g/mol. The minimum absolute atomic E-state index is 0.0359. The summed E-state index contributed by atoms with van der Waals surface area (Å²) in [5, 5.41) is 70.5. The molecule has 0 N–H and O–H groups in total. The van der Waals surface area contributed by atoms with E-state index < -0.39 is 29.5 Å². The molecule has 1 aliphatic heterocycles. The summed E-state index contributed by atoms with van der Waals surface area (Å²) >= 11 is 0. The second-order valence-electron chi connectivity index (χ2n) is 6.77. The molecule has 2 atom stereocenters. The third kappa shape index (κ3) is 3.66. The smallest absolute Gasteiger partial charge is 0.407 e. The van der Waals surface area contributed by atoms with Gasteiger partial charge in [-0.3, -0.25) is 4.52 Å². The molecule has 0 spiro atoms. The van der Waals surface area contributed by atoms with Gasteiger partial charge in [0, 0.05) is 0 Å². The predicted octanol–water partition coefficient (Wildman–Crippen LogP) is 6.11. The molecular weight excluding hydrogens is 538 g/mol. The highest BCUT2D eigenvalue weighted by atomic mass is 31.2. The van der Waals surface area contributed by atoms with Gasteiger partial charge in [0.05, 0.1) is 36.4 Å². The normalized spacial score (nSPS) is 27.1. The SMILES string of the molecule is N#CC1(C#N)C=CC(C#N)(OP2(Oc3ccccc3)=NP=NP=NP=N2)C(C#N)(C#N)C1(C#N)C#N. The quantitative estimate of drug-likeness (QED) is 0.313. The minimum Gasteiger partial charge on any atom is -0.422 e. The van der Waals surface area contributed by atoms with Crippen LogP contribution in [0.4, 0.5) is 0 Å². The van der Waals surface area contributed by atoms with Crippen LogP contribution in [-0.4, -0.2) is 5.60 Å². The van der Waals surface area contributed by atoms with Crippen molar-refractivity contribution in [2.45, 2.75) is 5.60 Å². The molecule has 1 aliphatic carbocycles. The van der Waals surface area contributed by atoms with Crippen LogP contribution in [0.25, 0.3) is 0 Å². The molecular formula is C19H7N11O2P4. The lowest BCUT2D eigenvalue weighted by atomic mass is 9.45. The Labute approximate surface area is 209 Å². The summed E-state index contributed by atoms with van der Waals surface area (Å²) in [5.41, 5.74) is -11.3. The van der Waals surface area contributed by atoms with Crippen molar-refractivity contribution in [3.8, 4) is 48.2 Å². The van der Waals surface area contributed by atoms with E-state index in [0.717, 1.165) is 12.2 Å². The number of nitrogens with zero attached hydrogens (tertiary/aromatic N) is 11. The molecule has 170 valence electrons. The van der Waals surface area contributed by atoms with Crippen molar-refractivity contribution in [3.63, 3.8) is 0 Å². The van der Waals surface area contributed by atoms with E-state index in [1.54, 1.807) is 48.5 Å². The van der Waals surface area contributed by atoms with Crippen molar-refractivity contribution >= 4 is 33.2 Å². The Morgan fingerprint density at radius 2 is 1.31 bits per heavy atom. The van der Waals surface area contributed by atoms with Crippen LogP contribution >= 0.6 is 33.2 Å². The first kappa shape index (κ1) is 26.3. The fourth-order valence-electron chi connectivity index (χ4n) is 3.41. The molecule has 0 radical (unpaired) electrons. The van der Waals surface area contributed by atoms with Gasteiger partial charge in [-0.05, 0) is 24.3 Å². The van der Waals surface area contributed by atoms with Crippen molar-refractivity contribution in [1.29, 1.82) is 36.8 Å². The molecule has 0 saturated carbocycles. The van der Waals surface area contributed by atoms with Gasteiger partial charge >= 0.3 is 7.66 Å². The topological polar surface area (TPSA) is 234 Å². The van der Waals surface area contributed by atoms with Gasteiger partial charge in [-0.2, -0.15) is 45.9 Å². The van der Waals surface area contributed by atoms with Crippen LogP contribution in [0.2, 0.25) is 0 Å². The molecule has 0 amide bonds. The van der Waals surface area contributed by atoms with Crippen LogP contribution in [0.5, 0.6) is 5.75 Å². The zero-order valence-corrected chi connectivity index (χ0v) is 21.1. The number of allylic oxidation sites excluding steroid dienone is 1. The summed E-state index contributed by atoms with van der Waals surface area (Å²) in [7, 11) is -3.62. The number of para-hydroxylation sites is 1.